The van der Waals surface area contributed by atoms with Gasteiger partial charge in [-0.1, -0.05) is 20.3 Å². The maximum Gasteiger partial charge on any atom is 0.0537 e. The Balaban J connectivity index is 2.27. The molecule has 2 atom stereocenters. The van der Waals surface area contributed by atoms with E-state index in [1.807, 2.05) is 19.4 Å². The Morgan fingerprint density at radius 2 is 2.27 bits per heavy atom. The van der Waals surface area contributed by atoms with E-state index in [1.54, 1.807) is 4.68 Å². The van der Waals surface area contributed by atoms with Crippen molar-refractivity contribution in [3.05, 3.63) is 18.0 Å². The van der Waals surface area contributed by atoms with Crippen molar-refractivity contribution in [3.63, 3.8) is 0 Å². The highest BCUT2D eigenvalue weighted by molar-refractivity contribution is 5.09. The summed E-state index contributed by atoms with van der Waals surface area (Å²) in [6.45, 7) is 6.29. The normalized spacial score (nSPS) is 15.2. The Kier molecular flexibility index (Phi) is 4.78. The third-order valence-electron chi connectivity index (χ3n) is 2.71. The van der Waals surface area contributed by atoms with Crippen LogP contribution in [0.3, 0.4) is 0 Å². The standard InChI is InChI=1S/C11H22N4/c1-4-9(2)5-13-7-11(12)10-6-14-15(3)8-10/h6,8-9,11,13H,4-5,7,12H2,1-3H3. The van der Waals surface area contributed by atoms with Gasteiger partial charge in [0.1, 0.15) is 0 Å². The molecule has 0 aromatic carbocycles. The van der Waals surface area contributed by atoms with Crippen LogP contribution in [0.25, 0.3) is 0 Å². The Labute approximate surface area is 91.8 Å². The average Bonchev–Trinajstić information content (AvgIpc) is 2.64. The predicted octanol–water partition coefficient (Wildman–Crippen LogP) is 1.06. The Hall–Kier alpha value is -0.870. The first kappa shape index (κ1) is 12.2. The van der Waals surface area contributed by atoms with Crippen LogP contribution in [0.1, 0.15) is 31.9 Å². The van der Waals surface area contributed by atoms with Crippen molar-refractivity contribution in [1.82, 2.24) is 15.1 Å². The molecule has 4 heteroatoms. The number of hydrogen-bond donors (Lipinski definition) is 2. The van der Waals surface area contributed by atoms with Crippen molar-refractivity contribution in [1.29, 1.82) is 0 Å². The lowest BCUT2D eigenvalue weighted by atomic mass is 10.1. The van der Waals surface area contributed by atoms with Crippen LogP contribution in [0.2, 0.25) is 0 Å². The van der Waals surface area contributed by atoms with Crippen LogP contribution in [0.4, 0.5) is 0 Å². The average molecular weight is 210 g/mol. The molecule has 1 aromatic rings. The van der Waals surface area contributed by atoms with Gasteiger partial charge in [0.05, 0.1) is 6.20 Å². The second-order valence-corrected chi connectivity index (χ2v) is 4.23. The molecule has 0 aliphatic rings. The summed E-state index contributed by atoms with van der Waals surface area (Å²) in [6.07, 6.45) is 5.00. The molecule has 1 heterocycles. The molecule has 0 bridgehead atoms. The van der Waals surface area contributed by atoms with E-state index in [0.29, 0.717) is 5.92 Å². The first-order valence-electron chi connectivity index (χ1n) is 5.58. The van der Waals surface area contributed by atoms with E-state index in [1.165, 1.54) is 6.42 Å². The molecule has 1 aromatic heterocycles. The fraction of sp³-hybridized carbons (Fsp3) is 0.727. The molecule has 0 saturated carbocycles. The third kappa shape index (κ3) is 4.01. The van der Waals surface area contributed by atoms with E-state index >= 15 is 0 Å². The molecular weight excluding hydrogens is 188 g/mol. The lowest BCUT2D eigenvalue weighted by molar-refractivity contribution is 0.482. The van der Waals surface area contributed by atoms with Crippen LogP contribution < -0.4 is 11.1 Å². The Bertz CT molecular complexity index is 282. The number of nitrogens with two attached hydrogens (primary N) is 1. The van der Waals surface area contributed by atoms with E-state index < -0.39 is 0 Å². The van der Waals surface area contributed by atoms with E-state index in [2.05, 4.69) is 24.3 Å². The first-order chi connectivity index (χ1) is 7.13. The summed E-state index contributed by atoms with van der Waals surface area (Å²) in [4.78, 5) is 0. The largest absolute Gasteiger partial charge is 0.323 e. The minimum absolute atomic E-state index is 0.0442. The van der Waals surface area contributed by atoms with Gasteiger partial charge in [0.25, 0.3) is 0 Å². The van der Waals surface area contributed by atoms with E-state index in [4.69, 9.17) is 5.73 Å². The highest BCUT2D eigenvalue weighted by Gasteiger charge is 2.07. The van der Waals surface area contributed by atoms with Gasteiger partial charge in [-0.15, -0.1) is 0 Å². The third-order valence-corrected chi connectivity index (χ3v) is 2.71. The van der Waals surface area contributed by atoms with Gasteiger partial charge < -0.3 is 11.1 Å². The molecular formula is C11H22N4. The maximum absolute atomic E-state index is 6.02. The lowest BCUT2D eigenvalue weighted by Crippen LogP contribution is -2.29. The summed E-state index contributed by atoms with van der Waals surface area (Å²) in [5.41, 5.74) is 7.11. The molecule has 0 amide bonds. The summed E-state index contributed by atoms with van der Waals surface area (Å²) in [5.74, 6) is 0.714. The summed E-state index contributed by atoms with van der Waals surface area (Å²) in [5, 5.41) is 7.49. The van der Waals surface area contributed by atoms with E-state index in [-0.39, 0.29) is 6.04 Å². The lowest BCUT2D eigenvalue weighted by Gasteiger charge is -2.13. The monoisotopic (exact) mass is 210 g/mol. The Morgan fingerprint density at radius 3 is 2.80 bits per heavy atom. The highest BCUT2D eigenvalue weighted by atomic mass is 15.2. The molecule has 0 spiro atoms. The van der Waals surface area contributed by atoms with Crippen LogP contribution in [-0.2, 0) is 7.05 Å². The van der Waals surface area contributed by atoms with Gasteiger partial charge >= 0.3 is 0 Å². The molecule has 4 nitrogen and oxygen atoms in total. The zero-order valence-electron chi connectivity index (χ0n) is 9.90. The van der Waals surface area contributed by atoms with Gasteiger partial charge in [0.2, 0.25) is 0 Å². The minimum atomic E-state index is 0.0442. The zero-order chi connectivity index (χ0) is 11.3. The smallest absolute Gasteiger partial charge is 0.0537 e. The fourth-order valence-corrected chi connectivity index (χ4v) is 1.38. The van der Waals surface area contributed by atoms with Gasteiger partial charge in [-0.05, 0) is 12.5 Å². The maximum atomic E-state index is 6.02. The molecule has 1 rings (SSSR count). The number of hydrogen-bond acceptors (Lipinski definition) is 3. The molecule has 0 aliphatic carbocycles. The van der Waals surface area contributed by atoms with Crippen molar-refractivity contribution in [2.75, 3.05) is 13.1 Å². The van der Waals surface area contributed by atoms with Crippen molar-refractivity contribution in [3.8, 4) is 0 Å². The van der Waals surface area contributed by atoms with Crippen LogP contribution >= 0.6 is 0 Å². The molecule has 0 saturated heterocycles. The van der Waals surface area contributed by atoms with E-state index in [9.17, 15) is 0 Å². The highest BCUT2D eigenvalue weighted by Crippen LogP contribution is 2.07. The SMILES string of the molecule is CCC(C)CNCC(N)c1cnn(C)c1. The summed E-state index contributed by atoms with van der Waals surface area (Å²) in [7, 11) is 1.91. The van der Waals surface area contributed by atoms with Crippen molar-refractivity contribution in [2.45, 2.75) is 26.3 Å². The van der Waals surface area contributed by atoms with Crippen LogP contribution in [0, 0.1) is 5.92 Å². The molecule has 0 aliphatic heterocycles. The molecule has 2 unspecified atom stereocenters. The van der Waals surface area contributed by atoms with Crippen molar-refractivity contribution < 1.29 is 0 Å². The Morgan fingerprint density at radius 1 is 1.53 bits per heavy atom. The van der Waals surface area contributed by atoms with Gasteiger partial charge in [-0.3, -0.25) is 4.68 Å². The quantitative estimate of drug-likeness (QED) is 0.738. The molecule has 15 heavy (non-hydrogen) atoms. The number of aryl methyl sites for hydroxylation is 1. The number of nitrogens with one attached hydrogen (secondary N) is 1. The van der Waals surface area contributed by atoms with Crippen LogP contribution in [0.5, 0.6) is 0 Å². The first-order valence-corrected chi connectivity index (χ1v) is 5.58. The van der Waals surface area contributed by atoms with Crippen molar-refractivity contribution >= 4 is 0 Å². The van der Waals surface area contributed by atoms with E-state index in [0.717, 1.165) is 18.7 Å². The summed E-state index contributed by atoms with van der Waals surface area (Å²) >= 11 is 0. The second kappa shape index (κ2) is 5.88. The summed E-state index contributed by atoms with van der Waals surface area (Å²) in [6, 6.07) is 0.0442. The minimum Gasteiger partial charge on any atom is -0.323 e. The predicted molar refractivity (Wildman–Crippen MR) is 62.5 cm³/mol. The number of aromatic nitrogens is 2. The zero-order valence-corrected chi connectivity index (χ0v) is 9.90. The fourth-order valence-electron chi connectivity index (χ4n) is 1.38. The molecule has 86 valence electrons. The van der Waals surface area contributed by atoms with Gasteiger partial charge in [-0.2, -0.15) is 5.10 Å². The number of nitrogens with zero attached hydrogens (tertiary/aromatic N) is 2. The van der Waals surface area contributed by atoms with Crippen molar-refractivity contribution in [2.24, 2.45) is 18.7 Å². The second-order valence-electron chi connectivity index (χ2n) is 4.23. The molecule has 0 radical (unpaired) electrons. The van der Waals surface area contributed by atoms with Gasteiger partial charge in [0.15, 0.2) is 0 Å². The van der Waals surface area contributed by atoms with Crippen LogP contribution in [-0.4, -0.2) is 22.9 Å². The molecule has 0 fully saturated rings. The summed E-state index contributed by atoms with van der Waals surface area (Å²) < 4.78 is 1.78. The van der Waals surface area contributed by atoms with Gasteiger partial charge in [0, 0.05) is 31.4 Å². The molecule has 3 N–H and O–H groups in total. The topological polar surface area (TPSA) is 55.9 Å². The van der Waals surface area contributed by atoms with Gasteiger partial charge in [-0.25, -0.2) is 0 Å². The number of rotatable bonds is 6. The van der Waals surface area contributed by atoms with Crippen LogP contribution in [0.15, 0.2) is 12.4 Å².